The summed E-state index contributed by atoms with van der Waals surface area (Å²) >= 11 is 0. The van der Waals surface area contributed by atoms with Crippen LogP contribution in [-0.2, 0) is 27.1 Å². The molecular weight excluding hydrogens is 578 g/mol. The molecule has 1 aliphatic carbocycles. The van der Waals surface area contributed by atoms with Gasteiger partial charge >= 0.3 is 6.09 Å². The highest BCUT2D eigenvalue weighted by Gasteiger charge is 2.48. The topological polar surface area (TPSA) is 147 Å². The highest BCUT2D eigenvalue weighted by atomic mass is 19.1. The Kier molecular flexibility index (Phi) is 6.46. The molecular formula is C29H32F2N8O5. The van der Waals surface area contributed by atoms with E-state index in [9.17, 15) is 9.59 Å². The minimum atomic E-state index is -0.665. The quantitative estimate of drug-likeness (QED) is 0.393. The average Bonchev–Trinajstić information content (AvgIpc) is 3.82. The number of amides is 2. The Labute approximate surface area is 250 Å². The molecule has 5 aliphatic rings. The van der Waals surface area contributed by atoms with E-state index in [0.29, 0.717) is 81.8 Å². The van der Waals surface area contributed by atoms with Crippen molar-refractivity contribution in [2.24, 2.45) is 5.92 Å². The second-order valence-corrected chi connectivity index (χ2v) is 12.4. The van der Waals surface area contributed by atoms with Crippen molar-refractivity contribution >= 4 is 34.7 Å². The molecule has 3 saturated heterocycles. The predicted molar refractivity (Wildman–Crippen MR) is 151 cm³/mol. The number of anilines is 2. The fourth-order valence-electron chi connectivity index (χ4n) is 7.28. The normalized spacial score (nSPS) is 24.9. The summed E-state index contributed by atoms with van der Waals surface area (Å²) in [5.41, 5.74) is 0.387. The zero-order valence-electron chi connectivity index (χ0n) is 24.1. The van der Waals surface area contributed by atoms with Crippen LogP contribution in [0.5, 0.6) is 5.88 Å². The van der Waals surface area contributed by atoms with Crippen LogP contribution in [0, 0.1) is 17.6 Å². The van der Waals surface area contributed by atoms with E-state index in [0.717, 1.165) is 0 Å². The van der Waals surface area contributed by atoms with Crippen LogP contribution in [-0.4, -0.2) is 95.0 Å². The van der Waals surface area contributed by atoms with Crippen molar-refractivity contribution in [3.63, 3.8) is 0 Å². The highest BCUT2D eigenvalue weighted by Crippen LogP contribution is 2.40. The third-order valence-corrected chi connectivity index (χ3v) is 9.64. The number of H-pyrrole nitrogens is 1. The largest absolute Gasteiger partial charge is 0.465 e. The number of rotatable bonds is 5. The van der Waals surface area contributed by atoms with Gasteiger partial charge in [-0.15, -0.1) is 0 Å². The summed E-state index contributed by atoms with van der Waals surface area (Å²) in [5, 5.41) is 5.91. The fourth-order valence-corrected chi connectivity index (χ4v) is 7.28. The molecule has 1 unspecified atom stereocenters. The second-order valence-electron chi connectivity index (χ2n) is 12.4. The van der Waals surface area contributed by atoms with Crippen LogP contribution in [0.4, 0.5) is 25.2 Å². The van der Waals surface area contributed by atoms with Crippen molar-refractivity contribution in [1.29, 1.82) is 0 Å². The first-order valence-corrected chi connectivity index (χ1v) is 15.0. The van der Waals surface area contributed by atoms with Gasteiger partial charge in [0, 0.05) is 46.1 Å². The number of methoxy groups -OCH3 is 1. The number of hydrogen-bond acceptors (Lipinski definition) is 10. The van der Waals surface area contributed by atoms with E-state index in [1.165, 1.54) is 11.1 Å². The van der Waals surface area contributed by atoms with Gasteiger partial charge in [-0.25, -0.2) is 28.5 Å². The fraction of sp³-hybridized carbons (Fsp3) is 0.552. The smallest absolute Gasteiger partial charge is 0.416 e. The van der Waals surface area contributed by atoms with Gasteiger partial charge in [0.25, 0.3) is 11.8 Å². The number of fused-ring (bicyclic) bond motifs is 3. The van der Waals surface area contributed by atoms with E-state index in [2.05, 4.69) is 35.5 Å². The molecule has 3 atom stereocenters. The van der Waals surface area contributed by atoms with Crippen LogP contribution >= 0.6 is 0 Å². The van der Waals surface area contributed by atoms with Crippen molar-refractivity contribution in [3.05, 3.63) is 34.8 Å². The van der Waals surface area contributed by atoms with Crippen LogP contribution in [0.3, 0.4) is 0 Å². The number of carbonyl (C=O) groups excluding carboxylic acids is 2. The molecule has 6 heterocycles. The lowest BCUT2D eigenvalue weighted by molar-refractivity contribution is -0.118. The van der Waals surface area contributed by atoms with Crippen molar-refractivity contribution in [2.75, 3.05) is 56.7 Å². The van der Waals surface area contributed by atoms with Gasteiger partial charge in [-0.05, 0) is 36.3 Å². The Morgan fingerprint density at radius 3 is 2.70 bits per heavy atom. The van der Waals surface area contributed by atoms with Crippen molar-refractivity contribution in [3.8, 4) is 5.88 Å². The van der Waals surface area contributed by atoms with Crippen LogP contribution in [0.2, 0.25) is 0 Å². The standard InChI is InChI=1S/C29H32F2N8O5/c1-42-15-8-18(32-9-15)25-36-23-21(30)16-6-14(7-17(16)22(31)24(23)37-25)11-38-4-2-29(3-5-38)13-39(28(41)44-29)19-10-33-27-26(34-19)35-20(40)12-43-27/h10,14-15,18,32H,2-9,11-13H2,1H3,(H,36,37)(H,34,35,40)/t15-,18+/m0/s1. The molecule has 0 bridgehead atoms. The number of halogens is 2. The van der Waals surface area contributed by atoms with E-state index in [1.807, 2.05) is 0 Å². The Morgan fingerprint density at radius 2 is 1.93 bits per heavy atom. The van der Waals surface area contributed by atoms with Crippen LogP contribution < -0.4 is 20.3 Å². The number of imidazole rings is 1. The number of benzene rings is 1. The number of aromatic amines is 1. The number of ether oxygens (including phenoxy) is 3. The molecule has 1 spiro atoms. The number of piperidine rings is 1. The van der Waals surface area contributed by atoms with E-state index >= 15 is 8.78 Å². The maximum absolute atomic E-state index is 15.7. The SMILES string of the molecule is CO[C@@H]1CN[C@@H](c2nc3c(F)c4c(c(F)c3[nH]2)CC(CN2CCC3(CC2)CN(c2cnc5c(n2)NC(=O)CO5)C(=O)O3)C4)C1. The van der Waals surface area contributed by atoms with Crippen molar-refractivity contribution in [2.45, 2.75) is 49.9 Å². The first-order valence-electron chi connectivity index (χ1n) is 15.0. The first kappa shape index (κ1) is 27.6. The molecule has 3 fully saturated rings. The summed E-state index contributed by atoms with van der Waals surface area (Å²) in [6.45, 7) is 2.90. The lowest BCUT2D eigenvalue weighted by Crippen LogP contribution is -2.48. The number of nitrogens with zero attached hydrogens (tertiary/aromatic N) is 5. The molecule has 44 heavy (non-hydrogen) atoms. The Bertz CT molecular complexity index is 1630. The number of aromatic nitrogens is 4. The maximum Gasteiger partial charge on any atom is 0.416 e. The van der Waals surface area contributed by atoms with Gasteiger partial charge < -0.3 is 34.7 Å². The predicted octanol–water partition coefficient (Wildman–Crippen LogP) is 2.22. The maximum atomic E-state index is 15.7. The molecule has 8 rings (SSSR count). The van der Waals surface area contributed by atoms with Gasteiger partial charge in [0.1, 0.15) is 22.5 Å². The van der Waals surface area contributed by atoms with Gasteiger partial charge in [0.15, 0.2) is 29.9 Å². The van der Waals surface area contributed by atoms with E-state index in [4.69, 9.17) is 14.2 Å². The summed E-state index contributed by atoms with van der Waals surface area (Å²) < 4.78 is 47.9. The van der Waals surface area contributed by atoms with Crippen LogP contribution in [0.15, 0.2) is 6.20 Å². The molecule has 3 aromatic rings. The summed E-state index contributed by atoms with van der Waals surface area (Å²) in [5.74, 6) is 0.0760. The molecule has 2 amide bonds. The Morgan fingerprint density at radius 1 is 1.14 bits per heavy atom. The summed E-state index contributed by atoms with van der Waals surface area (Å²) in [6, 6.07) is -0.134. The lowest BCUT2D eigenvalue weighted by Gasteiger charge is -2.38. The van der Waals surface area contributed by atoms with E-state index in [-0.39, 0.29) is 59.1 Å². The highest BCUT2D eigenvalue weighted by molar-refractivity contribution is 5.95. The van der Waals surface area contributed by atoms with E-state index < -0.39 is 23.3 Å². The molecule has 13 nitrogen and oxygen atoms in total. The zero-order valence-corrected chi connectivity index (χ0v) is 24.1. The van der Waals surface area contributed by atoms with Gasteiger partial charge in [0.05, 0.1) is 24.9 Å². The molecule has 0 saturated carbocycles. The van der Waals surface area contributed by atoms with Gasteiger partial charge in [-0.3, -0.25) is 9.69 Å². The van der Waals surface area contributed by atoms with Gasteiger partial charge in [-0.2, -0.15) is 0 Å². The lowest BCUT2D eigenvalue weighted by atomic mass is 9.90. The van der Waals surface area contributed by atoms with Crippen molar-refractivity contribution < 1.29 is 32.6 Å². The average molecular weight is 611 g/mol. The Balaban J connectivity index is 0.910. The molecule has 1 aromatic carbocycles. The number of carbonyl (C=O) groups is 2. The first-order chi connectivity index (χ1) is 21.3. The van der Waals surface area contributed by atoms with Gasteiger partial charge in [-0.1, -0.05) is 0 Å². The summed E-state index contributed by atoms with van der Waals surface area (Å²) in [6.07, 6.45) is 3.79. The van der Waals surface area contributed by atoms with Crippen LogP contribution in [0.1, 0.15) is 42.3 Å². The number of hydrogen-bond donors (Lipinski definition) is 3. The molecule has 2 aromatic heterocycles. The minimum Gasteiger partial charge on any atom is -0.465 e. The van der Waals surface area contributed by atoms with E-state index in [1.54, 1.807) is 7.11 Å². The third kappa shape index (κ3) is 4.56. The van der Waals surface area contributed by atoms with Crippen molar-refractivity contribution in [1.82, 2.24) is 30.2 Å². The summed E-state index contributed by atoms with van der Waals surface area (Å²) in [7, 11) is 1.65. The molecule has 4 aliphatic heterocycles. The monoisotopic (exact) mass is 610 g/mol. The number of likely N-dealkylation sites (tertiary alicyclic amines) is 1. The van der Waals surface area contributed by atoms with Gasteiger partial charge in [0.2, 0.25) is 0 Å². The second kappa shape index (κ2) is 10.3. The molecule has 232 valence electrons. The minimum absolute atomic E-state index is 0.0440. The summed E-state index contributed by atoms with van der Waals surface area (Å²) in [4.78, 5) is 44.3. The third-order valence-electron chi connectivity index (χ3n) is 9.64. The molecule has 3 N–H and O–H groups in total. The number of nitrogens with one attached hydrogen (secondary N) is 3. The Hall–Kier alpha value is -3.95. The molecule has 0 radical (unpaired) electrons. The molecule has 15 heteroatoms. The van der Waals surface area contributed by atoms with Crippen LogP contribution in [0.25, 0.3) is 11.0 Å². The zero-order chi connectivity index (χ0) is 30.2.